The third-order valence-electron chi connectivity index (χ3n) is 3.26. The second-order valence-electron chi connectivity index (χ2n) is 6.13. The van der Waals surface area contributed by atoms with Crippen molar-refractivity contribution in [3.8, 4) is 0 Å². The van der Waals surface area contributed by atoms with E-state index in [-0.39, 0.29) is 29.6 Å². The first-order valence-electron chi connectivity index (χ1n) is 6.95. The Hall–Kier alpha value is -1.66. The molecule has 1 rings (SSSR count). The monoisotopic (exact) mass is 329 g/mol. The van der Waals surface area contributed by atoms with E-state index in [4.69, 9.17) is 5.73 Å². The van der Waals surface area contributed by atoms with Crippen LogP contribution in [0.25, 0.3) is 0 Å². The number of nitrogens with two attached hydrogens (primary N) is 1. The minimum absolute atomic E-state index is 0. The molecule has 3 N–H and O–H groups in total. The fraction of sp³-hybridized carbons (Fsp3) is 0.533. The third-order valence-corrected chi connectivity index (χ3v) is 3.26. The molecule has 0 aliphatic rings. The van der Waals surface area contributed by atoms with Gasteiger partial charge in [0.2, 0.25) is 0 Å². The lowest BCUT2D eigenvalue weighted by Crippen LogP contribution is -2.52. The van der Waals surface area contributed by atoms with Crippen LogP contribution in [-0.4, -0.2) is 22.9 Å². The van der Waals surface area contributed by atoms with Gasteiger partial charge in [0.15, 0.2) is 0 Å². The van der Waals surface area contributed by atoms with Gasteiger partial charge in [-0.3, -0.25) is 14.9 Å². The van der Waals surface area contributed by atoms with Crippen LogP contribution in [0.4, 0.5) is 5.69 Å². The molecule has 1 unspecified atom stereocenters. The number of benzene rings is 1. The van der Waals surface area contributed by atoms with Crippen LogP contribution in [0.2, 0.25) is 0 Å². The van der Waals surface area contributed by atoms with E-state index in [9.17, 15) is 14.9 Å². The Morgan fingerprint density at radius 3 is 2.45 bits per heavy atom. The van der Waals surface area contributed by atoms with Gasteiger partial charge in [0, 0.05) is 29.8 Å². The largest absolute Gasteiger partial charge is 0.346 e. The Morgan fingerprint density at radius 1 is 1.41 bits per heavy atom. The van der Waals surface area contributed by atoms with Crippen molar-refractivity contribution in [1.82, 2.24) is 5.32 Å². The van der Waals surface area contributed by atoms with Crippen LogP contribution in [0.3, 0.4) is 0 Å². The molecule has 6 nitrogen and oxygen atoms in total. The van der Waals surface area contributed by atoms with E-state index >= 15 is 0 Å². The van der Waals surface area contributed by atoms with Crippen molar-refractivity contribution in [2.75, 3.05) is 6.54 Å². The predicted molar refractivity (Wildman–Crippen MR) is 89.5 cm³/mol. The van der Waals surface area contributed by atoms with Crippen molar-refractivity contribution in [3.63, 3.8) is 0 Å². The summed E-state index contributed by atoms with van der Waals surface area (Å²) >= 11 is 0. The van der Waals surface area contributed by atoms with Crippen molar-refractivity contribution < 1.29 is 9.72 Å². The van der Waals surface area contributed by atoms with Crippen molar-refractivity contribution >= 4 is 24.0 Å². The summed E-state index contributed by atoms with van der Waals surface area (Å²) in [6.07, 6.45) is 0.739. The zero-order valence-electron chi connectivity index (χ0n) is 13.4. The zero-order chi connectivity index (χ0) is 16.2. The van der Waals surface area contributed by atoms with Crippen LogP contribution >= 0.6 is 12.4 Å². The number of amides is 1. The number of hydrogen-bond acceptors (Lipinski definition) is 4. The number of aryl methyl sites for hydroxylation is 1. The fourth-order valence-corrected chi connectivity index (χ4v) is 2.43. The summed E-state index contributed by atoms with van der Waals surface area (Å²) in [7, 11) is 0. The molecule has 1 aromatic carbocycles. The lowest BCUT2D eigenvalue weighted by atomic mass is 9.90. The number of carbonyl (C=O) groups is 1. The summed E-state index contributed by atoms with van der Waals surface area (Å²) in [5.41, 5.74) is 6.11. The highest BCUT2D eigenvalue weighted by Gasteiger charge is 2.27. The molecule has 0 aliphatic heterocycles. The quantitative estimate of drug-likeness (QED) is 0.619. The molecule has 0 aromatic heterocycles. The standard InChI is InChI=1S/C15H23N3O3.ClH/c1-10(2)8-15(4,9-16)17-14(19)12-5-11(3)6-13(7-12)18(20)21;/h5-7,10H,8-9,16H2,1-4H3,(H,17,19);1H. The van der Waals surface area contributed by atoms with E-state index in [2.05, 4.69) is 19.2 Å². The number of non-ortho nitro benzene ring substituents is 1. The van der Waals surface area contributed by atoms with Crippen LogP contribution < -0.4 is 11.1 Å². The maximum Gasteiger partial charge on any atom is 0.270 e. The Labute approximate surface area is 137 Å². The number of halogens is 1. The molecule has 22 heavy (non-hydrogen) atoms. The zero-order valence-corrected chi connectivity index (χ0v) is 14.2. The summed E-state index contributed by atoms with van der Waals surface area (Å²) in [6, 6.07) is 4.36. The van der Waals surface area contributed by atoms with Gasteiger partial charge in [0.25, 0.3) is 11.6 Å². The summed E-state index contributed by atoms with van der Waals surface area (Å²) in [4.78, 5) is 22.7. The van der Waals surface area contributed by atoms with E-state index in [1.54, 1.807) is 13.0 Å². The van der Waals surface area contributed by atoms with Gasteiger partial charge in [-0.05, 0) is 37.8 Å². The Balaban J connectivity index is 0.00000441. The maximum atomic E-state index is 12.3. The molecule has 0 saturated carbocycles. The molecule has 0 aliphatic carbocycles. The third kappa shape index (κ3) is 5.61. The molecule has 7 heteroatoms. The van der Waals surface area contributed by atoms with Crippen LogP contribution in [0.15, 0.2) is 18.2 Å². The van der Waals surface area contributed by atoms with Gasteiger partial charge in [0.05, 0.1) is 4.92 Å². The average molecular weight is 330 g/mol. The van der Waals surface area contributed by atoms with Gasteiger partial charge in [-0.25, -0.2) is 0 Å². The highest BCUT2D eigenvalue weighted by Crippen LogP contribution is 2.19. The fourth-order valence-electron chi connectivity index (χ4n) is 2.43. The Morgan fingerprint density at radius 2 is 2.00 bits per heavy atom. The van der Waals surface area contributed by atoms with Gasteiger partial charge < -0.3 is 11.1 Å². The molecule has 1 atom stereocenters. The van der Waals surface area contributed by atoms with E-state index in [1.807, 2.05) is 6.92 Å². The van der Waals surface area contributed by atoms with E-state index in [0.29, 0.717) is 18.0 Å². The van der Waals surface area contributed by atoms with Gasteiger partial charge in [0.1, 0.15) is 0 Å². The summed E-state index contributed by atoms with van der Waals surface area (Å²) in [5, 5.41) is 13.8. The van der Waals surface area contributed by atoms with Crippen molar-refractivity contribution in [2.24, 2.45) is 11.7 Å². The molecule has 0 spiro atoms. The van der Waals surface area contributed by atoms with Gasteiger partial charge in [-0.1, -0.05) is 13.8 Å². The second-order valence-corrected chi connectivity index (χ2v) is 6.13. The molecule has 1 amide bonds. The summed E-state index contributed by atoms with van der Waals surface area (Å²) in [5.74, 6) is 0.0427. The van der Waals surface area contributed by atoms with Crippen molar-refractivity contribution in [2.45, 2.75) is 39.7 Å². The highest BCUT2D eigenvalue weighted by atomic mass is 35.5. The Kier molecular flexibility index (Phi) is 7.49. The number of hydrogen-bond donors (Lipinski definition) is 2. The minimum Gasteiger partial charge on any atom is -0.346 e. The van der Waals surface area contributed by atoms with E-state index < -0.39 is 10.5 Å². The van der Waals surface area contributed by atoms with Crippen LogP contribution in [0.5, 0.6) is 0 Å². The maximum absolute atomic E-state index is 12.3. The summed E-state index contributed by atoms with van der Waals surface area (Å²) < 4.78 is 0. The van der Waals surface area contributed by atoms with E-state index in [1.165, 1.54) is 12.1 Å². The molecule has 0 bridgehead atoms. The topological polar surface area (TPSA) is 98.3 Å². The number of carbonyl (C=O) groups excluding carboxylic acids is 1. The predicted octanol–water partition coefficient (Wildman–Crippen LogP) is 2.82. The molecule has 0 saturated heterocycles. The minimum atomic E-state index is -0.524. The van der Waals surface area contributed by atoms with Gasteiger partial charge in [-0.15, -0.1) is 12.4 Å². The average Bonchev–Trinajstić information content (AvgIpc) is 2.36. The smallest absolute Gasteiger partial charge is 0.270 e. The number of nitrogens with one attached hydrogen (secondary N) is 1. The molecule has 124 valence electrons. The Bertz CT molecular complexity index is 549. The molecule has 0 radical (unpaired) electrons. The molecule has 1 aromatic rings. The van der Waals surface area contributed by atoms with Gasteiger partial charge >= 0.3 is 0 Å². The van der Waals surface area contributed by atoms with Crippen LogP contribution in [-0.2, 0) is 0 Å². The van der Waals surface area contributed by atoms with Crippen molar-refractivity contribution in [1.29, 1.82) is 0 Å². The molecule has 0 fully saturated rings. The number of nitrogens with zero attached hydrogens (tertiary/aromatic N) is 1. The lowest BCUT2D eigenvalue weighted by molar-refractivity contribution is -0.384. The SMILES string of the molecule is Cc1cc(C(=O)NC(C)(CN)CC(C)C)cc([N+](=O)[O-])c1.Cl. The molecular weight excluding hydrogens is 306 g/mol. The number of rotatable bonds is 6. The van der Waals surface area contributed by atoms with Crippen LogP contribution in [0.1, 0.15) is 43.1 Å². The number of nitro groups is 1. The molecule has 0 heterocycles. The van der Waals surface area contributed by atoms with Crippen molar-refractivity contribution in [3.05, 3.63) is 39.4 Å². The van der Waals surface area contributed by atoms with Gasteiger partial charge in [-0.2, -0.15) is 0 Å². The normalized spacial score (nSPS) is 13.2. The first-order chi connectivity index (χ1) is 9.66. The van der Waals surface area contributed by atoms with E-state index in [0.717, 1.165) is 6.42 Å². The van der Waals surface area contributed by atoms with Crippen LogP contribution in [0, 0.1) is 23.0 Å². The molecular formula is C15H24ClN3O3. The highest BCUT2D eigenvalue weighted by molar-refractivity contribution is 5.95. The summed E-state index contributed by atoms with van der Waals surface area (Å²) in [6.45, 7) is 8.02. The number of nitro benzene ring substituents is 1. The lowest BCUT2D eigenvalue weighted by Gasteiger charge is -2.31. The first-order valence-corrected chi connectivity index (χ1v) is 6.95. The first kappa shape index (κ1) is 20.3. The second kappa shape index (κ2) is 8.10.